The van der Waals surface area contributed by atoms with Crippen LogP contribution in [-0.2, 0) is 4.79 Å². The molecule has 1 aliphatic rings. The molecule has 0 atom stereocenters. The van der Waals surface area contributed by atoms with Crippen molar-refractivity contribution in [3.8, 4) is 11.5 Å². The number of amides is 1. The number of pyridine rings is 2. The van der Waals surface area contributed by atoms with E-state index >= 15 is 0 Å². The van der Waals surface area contributed by atoms with Gasteiger partial charge in [-0.15, -0.1) is 10.2 Å². The van der Waals surface area contributed by atoms with Gasteiger partial charge in [-0.2, -0.15) is 10.1 Å². The summed E-state index contributed by atoms with van der Waals surface area (Å²) in [5, 5.41) is 16.9. The number of nitrogens with zero attached hydrogens (tertiary/aromatic N) is 6. The fraction of sp³-hybridized carbons (Fsp3) is 0.0833. The van der Waals surface area contributed by atoms with Crippen LogP contribution in [0, 0.1) is 0 Å². The van der Waals surface area contributed by atoms with Crippen LogP contribution in [0.25, 0.3) is 33.3 Å². The second-order valence-electron chi connectivity index (χ2n) is 7.71. The Morgan fingerprint density at radius 2 is 1.86 bits per heavy atom. The van der Waals surface area contributed by atoms with Crippen molar-refractivity contribution in [2.45, 2.75) is 11.6 Å². The van der Waals surface area contributed by atoms with E-state index in [1.165, 1.54) is 16.8 Å². The van der Waals surface area contributed by atoms with Crippen LogP contribution in [0.4, 0.5) is 5.69 Å². The molecule has 0 radical (unpaired) electrons. The minimum atomic E-state index is -0.155. The van der Waals surface area contributed by atoms with E-state index in [1.54, 1.807) is 36.7 Å². The maximum atomic E-state index is 13.1. The van der Waals surface area contributed by atoms with E-state index in [0.717, 1.165) is 10.9 Å². The van der Waals surface area contributed by atoms with Crippen LogP contribution >= 0.6 is 35.0 Å². The molecule has 0 aliphatic carbocycles. The Labute approximate surface area is 213 Å². The second-order valence-corrected chi connectivity index (χ2v) is 9.48. The summed E-state index contributed by atoms with van der Waals surface area (Å²) in [6.45, 7) is 0. The zero-order valence-electron chi connectivity index (χ0n) is 17.9. The lowest BCUT2D eigenvalue weighted by molar-refractivity contribution is -0.116. The minimum Gasteiger partial charge on any atom is -0.411 e. The summed E-state index contributed by atoms with van der Waals surface area (Å²) >= 11 is 14.1. The van der Waals surface area contributed by atoms with Crippen LogP contribution in [-0.4, -0.2) is 37.5 Å². The van der Waals surface area contributed by atoms with E-state index in [0.29, 0.717) is 54.7 Å². The predicted octanol–water partition coefficient (Wildman–Crippen LogP) is 6.02. The molecule has 0 bridgehead atoms. The number of anilines is 1. The second kappa shape index (κ2) is 8.92. The van der Waals surface area contributed by atoms with Crippen LogP contribution in [0.15, 0.2) is 75.7 Å². The molecule has 4 heterocycles. The molecule has 172 valence electrons. The van der Waals surface area contributed by atoms with Gasteiger partial charge in [0.25, 0.3) is 11.1 Å². The lowest BCUT2D eigenvalue weighted by Crippen LogP contribution is -2.20. The highest BCUT2D eigenvalue weighted by atomic mass is 35.5. The monoisotopic (exact) mass is 520 g/mol. The molecule has 0 N–H and O–H groups in total. The van der Waals surface area contributed by atoms with Gasteiger partial charge in [0.05, 0.1) is 33.9 Å². The summed E-state index contributed by atoms with van der Waals surface area (Å²) in [4.78, 5) is 21.8. The topological polar surface area (TPSA) is 97.4 Å². The molecule has 0 fully saturated rings. The summed E-state index contributed by atoms with van der Waals surface area (Å²) in [6.07, 6.45) is 3.49. The molecule has 6 rings (SSSR count). The Hall–Kier alpha value is -3.53. The summed E-state index contributed by atoms with van der Waals surface area (Å²) in [5.41, 5.74) is 3.35. The van der Waals surface area contributed by atoms with Crippen LogP contribution in [0.5, 0.6) is 0 Å². The van der Waals surface area contributed by atoms with Crippen LogP contribution < -0.4 is 5.01 Å². The number of para-hydroxylation sites is 1. The molecular formula is C24H14Cl2N6O2S. The fourth-order valence-corrected chi connectivity index (χ4v) is 5.11. The average Bonchev–Trinajstić information content (AvgIpc) is 3.49. The highest BCUT2D eigenvalue weighted by molar-refractivity contribution is 7.99. The average molecular weight is 521 g/mol. The number of thioether (sulfide) groups is 1. The maximum Gasteiger partial charge on any atom is 0.277 e. The van der Waals surface area contributed by atoms with Crippen molar-refractivity contribution >= 4 is 74.1 Å². The summed E-state index contributed by atoms with van der Waals surface area (Å²) in [7, 11) is 0. The lowest BCUT2D eigenvalue weighted by atomic mass is 10.1. The van der Waals surface area contributed by atoms with Gasteiger partial charge in [0.1, 0.15) is 0 Å². The number of hydrogen-bond acceptors (Lipinski definition) is 8. The first-order chi connectivity index (χ1) is 17.1. The lowest BCUT2D eigenvalue weighted by Gasteiger charge is -2.18. The van der Waals surface area contributed by atoms with Crippen LogP contribution in [0.1, 0.15) is 6.42 Å². The van der Waals surface area contributed by atoms with Crippen LogP contribution in [0.2, 0.25) is 10.0 Å². The standard InChI is InChI=1S/C24H14Cl2N6O2S/c25-14-9-17-21(18(26)10-14)28-19-4-2-1-3-16(19)22(17)32-20(33)11-15(31-32)12-35-24-30-29-23(34-24)13-5-7-27-8-6-13/h1-10H,11-12H2. The third-order valence-electron chi connectivity index (χ3n) is 5.42. The fourth-order valence-electron chi connectivity index (χ4n) is 3.89. The van der Waals surface area contributed by atoms with Gasteiger partial charge in [0.2, 0.25) is 5.89 Å². The molecule has 0 saturated heterocycles. The number of carbonyl (C=O) groups excluding carboxylic acids is 1. The first-order valence-corrected chi connectivity index (χ1v) is 12.2. The van der Waals surface area contributed by atoms with Crippen LogP contribution in [0.3, 0.4) is 0 Å². The molecule has 0 spiro atoms. The largest absolute Gasteiger partial charge is 0.411 e. The molecule has 5 aromatic rings. The van der Waals surface area contributed by atoms with Gasteiger partial charge in [-0.1, -0.05) is 53.2 Å². The SMILES string of the molecule is O=C1CC(CSc2nnc(-c3ccncc3)o2)=NN1c1c2ccccc2nc2c(Cl)cc(Cl)cc12. The normalized spacial score (nSPS) is 13.7. The first kappa shape index (κ1) is 22.0. The number of hydrogen-bond donors (Lipinski definition) is 0. The Morgan fingerprint density at radius 3 is 2.71 bits per heavy atom. The molecular weight excluding hydrogens is 507 g/mol. The molecule has 3 aromatic heterocycles. The van der Waals surface area contributed by atoms with Gasteiger partial charge < -0.3 is 4.42 Å². The Balaban J connectivity index is 1.33. The number of carbonyl (C=O) groups is 1. The molecule has 1 aliphatic heterocycles. The summed E-state index contributed by atoms with van der Waals surface area (Å²) < 4.78 is 5.73. The Bertz CT molecular complexity index is 1640. The first-order valence-electron chi connectivity index (χ1n) is 10.5. The van der Waals surface area contributed by atoms with Crippen molar-refractivity contribution in [3.63, 3.8) is 0 Å². The van der Waals surface area contributed by atoms with Crippen molar-refractivity contribution in [1.82, 2.24) is 20.2 Å². The van der Waals surface area contributed by atoms with Crippen molar-refractivity contribution in [2.75, 3.05) is 10.8 Å². The van der Waals surface area contributed by atoms with Gasteiger partial charge in [-0.05, 0) is 30.3 Å². The Kier molecular flexibility index (Phi) is 5.60. The Morgan fingerprint density at radius 1 is 1.03 bits per heavy atom. The molecule has 11 heteroatoms. The van der Waals surface area contributed by atoms with E-state index in [9.17, 15) is 4.79 Å². The quantitative estimate of drug-likeness (QED) is 0.206. The van der Waals surface area contributed by atoms with E-state index in [1.807, 2.05) is 24.3 Å². The smallest absolute Gasteiger partial charge is 0.277 e. The van der Waals surface area contributed by atoms with Gasteiger partial charge in [0.15, 0.2) is 0 Å². The predicted molar refractivity (Wildman–Crippen MR) is 137 cm³/mol. The van der Waals surface area contributed by atoms with Gasteiger partial charge in [-0.3, -0.25) is 9.78 Å². The summed E-state index contributed by atoms with van der Waals surface area (Å²) in [6, 6.07) is 14.5. The highest BCUT2D eigenvalue weighted by Gasteiger charge is 2.29. The zero-order chi connectivity index (χ0) is 23.9. The molecule has 35 heavy (non-hydrogen) atoms. The minimum absolute atomic E-state index is 0.155. The van der Waals surface area contributed by atoms with Gasteiger partial charge >= 0.3 is 0 Å². The molecule has 0 saturated carbocycles. The van der Waals surface area contributed by atoms with E-state index in [-0.39, 0.29) is 12.3 Å². The molecule has 0 unspecified atom stereocenters. The number of hydrazone groups is 1. The number of aromatic nitrogens is 4. The third-order valence-corrected chi connectivity index (χ3v) is 6.81. The molecule has 2 aromatic carbocycles. The van der Waals surface area contributed by atoms with Crippen molar-refractivity contribution < 1.29 is 9.21 Å². The van der Waals surface area contributed by atoms with E-state index in [4.69, 9.17) is 27.6 Å². The van der Waals surface area contributed by atoms with Gasteiger partial charge in [-0.25, -0.2) is 4.98 Å². The number of halogens is 2. The molecule has 1 amide bonds. The summed E-state index contributed by atoms with van der Waals surface area (Å²) in [5.74, 6) is 0.671. The van der Waals surface area contributed by atoms with E-state index in [2.05, 4.69) is 25.3 Å². The van der Waals surface area contributed by atoms with Crippen molar-refractivity contribution in [1.29, 1.82) is 0 Å². The van der Waals surface area contributed by atoms with Gasteiger partial charge in [0, 0.05) is 39.5 Å². The molecule has 8 nitrogen and oxygen atoms in total. The van der Waals surface area contributed by atoms with Crippen molar-refractivity contribution in [2.24, 2.45) is 5.10 Å². The zero-order valence-corrected chi connectivity index (χ0v) is 20.2. The number of fused-ring (bicyclic) bond motifs is 2. The highest BCUT2D eigenvalue weighted by Crippen LogP contribution is 2.40. The third kappa shape index (κ3) is 4.12. The maximum absolute atomic E-state index is 13.1. The van der Waals surface area contributed by atoms with E-state index < -0.39 is 0 Å². The number of benzene rings is 2. The van der Waals surface area contributed by atoms with Crippen molar-refractivity contribution in [3.05, 3.63) is 71.0 Å². The number of rotatable bonds is 5.